The highest BCUT2D eigenvalue weighted by atomic mass is 16.5. The van der Waals surface area contributed by atoms with E-state index in [0.29, 0.717) is 5.56 Å². The van der Waals surface area contributed by atoms with Crippen LogP contribution in [-0.4, -0.2) is 16.7 Å². The molecule has 3 aromatic rings. The number of hydrogen-bond donors (Lipinski definition) is 0. The second-order valence-electron chi connectivity index (χ2n) is 4.51. The number of fused-ring (bicyclic) bond motifs is 1. The molecule has 0 spiro atoms. The maximum Gasteiger partial charge on any atom is 0.144 e. The standard InChI is InChI=1S/C16H13N3O/c1-19-14-8-7-11(10-17)9-13(14)18-16(19)12-5-3-4-6-15(12)20-2/h3-9H,1-2H3. The van der Waals surface area contributed by atoms with E-state index in [9.17, 15) is 0 Å². The highest BCUT2D eigenvalue weighted by molar-refractivity contribution is 5.83. The minimum atomic E-state index is 0.613. The molecule has 0 fully saturated rings. The number of nitriles is 1. The van der Waals surface area contributed by atoms with Gasteiger partial charge >= 0.3 is 0 Å². The van der Waals surface area contributed by atoms with Crippen LogP contribution in [0.4, 0.5) is 0 Å². The summed E-state index contributed by atoms with van der Waals surface area (Å²) in [7, 11) is 3.61. The Labute approximate surface area is 116 Å². The van der Waals surface area contributed by atoms with Gasteiger partial charge < -0.3 is 9.30 Å². The molecule has 0 atom stereocenters. The fraction of sp³-hybridized carbons (Fsp3) is 0.125. The molecule has 0 amide bonds. The summed E-state index contributed by atoms with van der Waals surface area (Å²) < 4.78 is 7.40. The molecule has 4 heteroatoms. The van der Waals surface area contributed by atoms with Gasteiger partial charge in [-0.1, -0.05) is 12.1 Å². The Morgan fingerprint density at radius 2 is 2.00 bits per heavy atom. The van der Waals surface area contributed by atoms with Crippen LogP contribution in [-0.2, 0) is 7.05 Å². The van der Waals surface area contributed by atoms with Gasteiger partial charge in [0.25, 0.3) is 0 Å². The topological polar surface area (TPSA) is 50.8 Å². The van der Waals surface area contributed by atoms with Gasteiger partial charge in [-0.05, 0) is 30.3 Å². The van der Waals surface area contributed by atoms with E-state index in [2.05, 4.69) is 11.1 Å². The molecule has 4 nitrogen and oxygen atoms in total. The van der Waals surface area contributed by atoms with E-state index in [0.717, 1.165) is 28.2 Å². The third-order valence-corrected chi connectivity index (χ3v) is 3.36. The molecule has 2 aromatic carbocycles. The maximum absolute atomic E-state index is 8.97. The molecule has 0 bridgehead atoms. The first kappa shape index (κ1) is 12.2. The van der Waals surface area contributed by atoms with Crippen molar-refractivity contribution in [1.29, 1.82) is 5.26 Å². The maximum atomic E-state index is 8.97. The SMILES string of the molecule is COc1ccccc1-c1nc2cc(C#N)ccc2n1C. The Morgan fingerprint density at radius 1 is 1.20 bits per heavy atom. The summed E-state index contributed by atoms with van der Waals surface area (Å²) >= 11 is 0. The average Bonchev–Trinajstić information content (AvgIpc) is 2.83. The summed E-state index contributed by atoms with van der Waals surface area (Å²) in [5.41, 5.74) is 3.35. The van der Waals surface area contributed by atoms with Crippen molar-refractivity contribution < 1.29 is 4.74 Å². The van der Waals surface area contributed by atoms with E-state index in [-0.39, 0.29) is 0 Å². The third-order valence-electron chi connectivity index (χ3n) is 3.36. The Kier molecular flexibility index (Phi) is 2.88. The smallest absolute Gasteiger partial charge is 0.144 e. The van der Waals surface area contributed by atoms with Gasteiger partial charge in [-0.2, -0.15) is 5.26 Å². The van der Waals surface area contributed by atoms with E-state index < -0.39 is 0 Å². The summed E-state index contributed by atoms with van der Waals surface area (Å²) in [5.74, 6) is 1.61. The van der Waals surface area contributed by atoms with Crippen molar-refractivity contribution in [3.63, 3.8) is 0 Å². The monoisotopic (exact) mass is 263 g/mol. The number of nitrogens with zero attached hydrogens (tertiary/aromatic N) is 3. The van der Waals surface area contributed by atoms with E-state index in [1.54, 1.807) is 19.2 Å². The van der Waals surface area contributed by atoms with Crippen LogP contribution in [0.1, 0.15) is 5.56 Å². The normalized spacial score (nSPS) is 10.4. The quantitative estimate of drug-likeness (QED) is 0.713. The van der Waals surface area contributed by atoms with Crippen LogP contribution in [0.5, 0.6) is 5.75 Å². The lowest BCUT2D eigenvalue weighted by molar-refractivity contribution is 0.416. The zero-order chi connectivity index (χ0) is 14.1. The minimum Gasteiger partial charge on any atom is -0.496 e. The van der Waals surface area contributed by atoms with Crippen LogP contribution in [0.3, 0.4) is 0 Å². The van der Waals surface area contributed by atoms with Crippen molar-refractivity contribution in [2.45, 2.75) is 0 Å². The first-order valence-corrected chi connectivity index (χ1v) is 6.24. The van der Waals surface area contributed by atoms with Gasteiger partial charge in [0.2, 0.25) is 0 Å². The van der Waals surface area contributed by atoms with E-state index in [1.165, 1.54) is 0 Å². The van der Waals surface area contributed by atoms with Crippen LogP contribution in [0.15, 0.2) is 42.5 Å². The molecule has 0 N–H and O–H groups in total. The van der Waals surface area contributed by atoms with Gasteiger partial charge in [0.1, 0.15) is 11.6 Å². The van der Waals surface area contributed by atoms with Crippen LogP contribution in [0.2, 0.25) is 0 Å². The molecule has 0 unspecified atom stereocenters. The molecule has 0 aliphatic rings. The molecule has 1 heterocycles. The zero-order valence-corrected chi connectivity index (χ0v) is 11.3. The van der Waals surface area contributed by atoms with Crippen LogP contribution < -0.4 is 4.74 Å². The van der Waals surface area contributed by atoms with E-state index >= 15 is 0 Å². The van der Waals surface area contributed by atoms with Gasteiger partial charge in [0.15, 0.2) is 0 Å². The van der Waals surface area contributed by atoms with Gasteiger partial charge in [0.05, 0.1) is 35.3 Å². The van der Waals surface area contributed by atoms with Crippen LogP contribution in [0.25, 0.3) is 22.4 Å². The zero-order valence-electron chi connectivity index (χ0n) is 11.3. The summed E-state index contributed by atoms with van der Waals surface area (Å²) in [6.07, 6.45) is 0. The lowest BCUT2D eigenvalue weighted by Gasteiger charge is -2.07. The predicted molar refractivity (Wildman–Crippen MR) is 77.4 cm³/mol. The molecule has 98 valence electrons. The number of ether oxygens (including phenoxy) is 1. The van der Waals surface area contributed by atoms with E-state index in [1.807, 2.05) is 41.9 Å². The lowest BCUT2D eigenvalue weighted by Crippen LogP contribution is -1.95. The molecule has 3 rings (SSSR count). The Morgan fingerprint density at radius 3 is 2.75 bits per heavy atom. The van der Waals surface area contributed by atoms with Crippen molar-refractivity contribution in [3.8, 4) is 23.2 Å². The molecule has 0 saturated heterocycles. The van der Waals surface area contributed by atoms with Gasteiger partial charge in [-0.15, -0.1) is 0 Å². The average molecular weight is 263 g/mol. The van der Waals surface area contributed by atoms with Crippen molar-refractivity contribution in [2.24, 2.45) is 7.05 Å². The predicted octanol–water partition coefficient (Wildman–Crippen LogP) is 3.12. The molecular formula is C16H13N3O. The third kappa shape index (κ3) is 1.81. The van der Waals surface area contributed by atoms with Crippen LogP contribution in [0, 0.1) is 11.3 Å². The summed E-state index contributed by atoms with van der Waals surface area (Å²) in [6.45, 7) is 0. The van der Waals surface area contributed by atoms with Gasteiger partial charge in [0, 0.05) is 7.05 Å². The molecule has 0 aliphatic heterocycles. The molecule has 0 aliphatic carbocycles. The fourth-order valence-corrected chi connectivity index (χ4v) is 2.34. The first-order valence-electron chi connectivity index (χ1n) is 6.24. The Hall–Kier alpha value is -2.80. The minimum absolute atomic E-state index is 0.613. The van der Waals surface area contributed by atoms with E-state index in [4.69, 9.17) is 10.00 Å². The number of para-hydroxylation sites is 1. The van der Waals surface area contributed by atoms with Crippen molar-refractivity contribution >= 4 is 11.0 Å². The first-order chi connectivity index (χ1) is 9.74. The molecule has 0 saturated carbocycles. The molecule has 20 heavy (non-hydrogen) atoms. The van der Waals surface area contributed by atoms with Crippen molar-refractivity contribution in [3.05, 3.63) is 48.0 Å². The number of aryl methyl sites for hydroxylation is 1. The number of rotatable bonds is 2. The van der Waals surface area contributed by atoms with Crippen molar-refractivity contribution in [1.82, 2.24) is 9.55 Å². The van der Waals surface area contributed by atoms with Crippen LogP contribution >= 0.6 is 0 Å². The number of hydrogen-bond acceptors (Lipinski definition) is 3. The Bertz CT molecular complexity index is 827. The molecular weight excluding hydrogens is 250 g/mol. The summed E-state index contributed by atoms with van der Waals surface area (Å²) in [4.78, 5) is 4.63. The number of imidazole rings is 1. The van der Waals surface area contributed by atoms with Gasteiger partial charge in [-0.25, -0.2) is 4.98 Å². The fourth-order valence-electron chi connectivity index (χ4n) is 2.34. The second kappa shape index (κ2) is 4.71. The second-order valence-corrected chi connectivity index (χ2v) is 4.51. The number of aromatic nitrogens is 2. The molecule has 0 radical (unpaired) electrons. The highest BCUT2D eigenvalue weighted by Crippen LogP contribution is 2.31. The Balaban J connectivity index is 2.27. The number of benzene rings is 2. The largest absolute Gasteiger partial charge is 0.496 e. The summed E-state index contributed by atoms with van der Waals surface area (Å²) in [6, 6.07) is 15.4. The molecule has 1 aromatic heterocycles. The lowest BCUT2D eigenvalue weighted by atomic mass is 10.2. The van der Waals surface area contributed by atoms with Gasteiger partial charge in [-0.3, -0.25) is 0 Å². The summed E-state index contributed by atoms with van der Waals surface area (Å²) in [5, 5.41) is 8.97. The number of methoxy groups -OCH3 is 1. The van der Waals surface area contributed by atoms with Crippen molar-refractivity contribution in [2.75, 3.05) is 7.11 Å². The highest BCUT2D eigenvalue weighted by Gasteiger charge is 2.13.